The maximum atomic E-state index is 11.7. The molecule has 1 aliphatic carbocycles. The maximum absolute atomic E-state index is 11.7. The number of aromatic nitrogens is 1. The first-order chi connectivity index (χ1) is 15.9. The molecule has 8 heteroatoms. The van der Waals surface area contributed by atoms with Crippen LogP contribution in [0.2, 0.25) is 0 Å². The van der Waals surface area contributed by atoms with Gasteiger partial charge in [0.15, 0.2) is 11.5 Å². The van der Waals surface area contributed by atoms with Crippen LogP contribution in [0.5, 0.6) is 11.5 Å². The highest BCUT2D eigenvalue weighted by atomic mass is 16.5. The van der Waals surface area contributed by atoms with Gasteiger partial charge in [0.1, 0.15) is 11.5 Å². The van der Waals surface area contributed by atoms with Gasteiger partial charge in [-0.3, -0.25) is 10.0 Å². The lowest BCUT2D eigenvalue weighted by Gasteiger charge is -2.27. The van der Waals surface area contributed by atoms with Crippen LogP contribution in [-0.4, -0.2) is 36.9 Å². The lowest BCUT2D eigenvalue weighted by molar-refractivity contribution is -0.134. The summed E-state index contributed by atoms with van der Waals surface area (Å²) in [5.41, 5.74) is 5.34. The van der Waals surface area contributed by atoms with E-state index in [2.05, 4.69) is 11.4 Å². The van der Waals surface area contributed by atoms with Gasteiger partial charge in [0.2, 0.25) is 5.91 Å². The predicted molar refractivity (Wildman–Crippen MR) is 126 cm³/mol. The molecule has 3 aromatic rings. The summed E-state index contributed by atoms with van der Waals surface area (Å²) in [5.74, 6) is 3.00. The molecule has 4 rings (SSSR count). The molecular weight excluding hydrogens is 422 g/mol. The molecule has 1 fully saturated rings. The Morgan fingerprint density at radius 1 is 1.09 bits per heavy atom. The SMILES string of the molecule is COc1cc2nc(-c3cc(C)oc3C)cc(NCC3CCC(C(=O)NO)CC3)c2cc1OC. The predicted octanol–water partition coefficient (Wildman–Crippen LogP) is 4.85. The van der Waals surface area contributed by atoms with Gasteiger partial charge in [-0.15, -0.1) is 0 Å². The Bertz CT molecular complexity index is 1150. The number of amides is 1. The van der Waals surface area contributed by atoms with E-state index in [1.807, 2.05) is 32.0 Å². The Hall–Kier alpha value is -3.26. The molecule has 0 atom stereocenters. The van der Waals surface area contributed by atoms with Crippen molar-refractivity contribution >= 4 is 22.5 Å². The Labute approximate surface area is 193 Å². The third-order valence-corrected chi connectivity index (χ3v) is 6.54. The molecule has 2 aromatic heterocycles. The third-order valence-electron chi connectivity index (χ3n) is 6.54. The smallest absolute Gasteiger partial charge is 0.246 e. The van der Waals surface area contributed by atoms with Gasteiger partial charge in [-0.25, -0.2) is 10.5 Å². The van der Waals surface area contributed by atoms with Crippen LogP contribution in [0.1, 0.15) is 37.2 Å². The second-order valence-electron chi connectivity index (χ2n) is 8.68. The molecule has 1 saturated carbocycles. The summed E-state index contributed by atoms with van der Waals surface area (Å²) in [7, 11) is 3.24. The molecule has 3 N–H and O–H groups in total. The number of hydrogen-bond acceptors (Lipinski definition) is 7. The van der Waals surface area contributed by atoms with E-state index in [9.17, 15) is 4.79 Å². The van der Waals surface area contributed by atoms with Crippen molar-refractivity contribution in [1.82, 2.24) is 10.5 Å². The van der Waals surface area contributed by atoms with Crippen LogP contribution < -0.4 is 20.3 Å². The van der Waals surface area contributed by atoms with Crippen molar-refractivity contribution < 1.29 is 23.9 Å². The van der Waals surface area contributed by atoms with E-state index in [-0.39, 0.29) is 11.8 Å². The van der Waals surface area contributed by atoms with Crippen molar-refractivity contribution in [2.45, 2.75) is 39.5 Å². The van der Waals surface area contributed by atoms with Gasteiger partial charge in [0.25, 0.3) is 0 Å². The molecule has 0 unspecified atom stereocenters. The summed E-state index contributed by atoms with van der Waals surface area (Å²) in [5, 5.41) is 13.5. The first kappa shape index (κ1) is 22.9. The topological polar surface area (TPSA) is 106 Å². The molecule has 8 nitrogen and oxygen atoms in total. The number of nitrogens with zero attached hydrogens (tertiary/aromatic N) is 1. The van der Waals surface area contributed by atoms with Gasteiger partial charge in [0.05, 0.1) is 25.4 Å². The van der Waals surface area contributed by atoms with E-state index in [0.717, 1.165) is 71.6 Å². The normalized spacial score (nSPS) is 18.2. The van der Waals surface area contributed by atoms with E-state index in [1.54, 1.807) is 19.7 Å². The molecule has 1 aromatic carbocycles. The Morgan fingerprint density at radius 2 is 1.79 bits per heavy atom. The Morgan fingerprint density at radius 3 is 2.39 bits per heavy atom. The molecule has 2 heterocycles. The van der Waals surface area contributed by atoms with Gasteiger partial charge in [-0.2, -0.15) is 0 Å². The molecule has 1 aliphatic rings. The molecule has 0 radical (unpaired) electrons. The van der Waals surface area contributed by atoms with Crippen molar-refractivity contribution in [3.05, 3.63) is 35.8 Å². The number of aryl methyl sites for hydroxylation is 2. The standard InChI is InChI=1S/C25H31N3O5/c1-14-9-18(15(2)33-14)21-11-20(19-10-23(31-3)24(32-4)12-22(19)27-21)26-13-16-5-7-17(8-6-16)25(29)28-30/h9-12,16-17,30H,5-8,13H2,1-4H3,(H,26,27)(H,28,29). The Kier molecular flexibility index (Phi) is 6.74. The van der Waals surface area contributed by atoms with Crippen LogP contribution in [0, 0.1) is 25.7 Å². The monoisotopic (exact) mass is 453 g/mol. The first-order valence-electron chi connectivity index (χ1n) is 11.3. The first-order valence-corrected chi connectivity index (χ1v) is 11.3. The van der Waals surface area contributed by atoms with Crippen LogP contribution >= 0.6 is 0 Å². The van der Waals surface area contributed by atoms with Crippen LogP contribution in [0.25, 0.3) is 22.2 Å². The summed E-state index contributed by atoms with van der Waals surface area (Å²) >= 11 is 0. The van der Waals surface area contributed by atoms with E-state index in [0.29, 0.717) is 17.4 Å². The van der Waals surface area contributed by atoms with E-state index in [4.69, 9.17) is 24.1 Å². The van der Waals surface area contributed by atoms with E-state index < -0.39 is 0 Å². The number of benzene rings is 1. The number of nitrogens with one attached hydrogen (secondary N) is 2. The molecule has 0 aliphatic heterocycles. The van der Waals surface area contributed by atoms with Gasteiger partial charge < -0.3 is 19.2 Å². The summed E-state index contributed by atoms with van der Waals surface area (Å²) in [4.78, 5) is 16.6. The largest absolute Gasteiger partial charge is 0.493 e. The number of methoxy groups -OCH3 is 2. The van der Waals surface area contributed by atoms with Crippen molar-refractivity contribution in [1.29, 1.82) is 0 Å². The molecule has 0 bridgehead atoms. The van der Waals surface area contributed by atoms with Crippen molar-refractivity contribution in [2.24, 2.45) is 11.8 Å². The highest BCUT2D eigenvalue weighted by Crippen LogP contribution is 2.38. The second-order valence-corrected chi connectivity index (χ2v) is 8.68. The second kappa shape index (κ2) is 9.70. The minimum Gasteiger partial charge on any atom is -0.493 e. The number of furan rings is 1. The van der Waals surface area contributed by atoms with E-state index in [1.165, 1.54) is 0 Å². The molecule has 176 valence electrons. The molecule has 1 amide bonds. The Balaban J connectivity index is 1.65. The third kappa shape index (κ3) is 4.75. The minimum atomic E-state index is -0.280. The fourth-order valence-electron chi connectivity index (χ4n) is 4.70. The number of hydroxylamine groups is 1. The van der Waals surface area contributed by atoms with E-state index >= 15 is 0 Å². The summed E-state index contributed by atoms with van der Waals surface area (Å²) in [6.45, 7) is 4.65. The highest BCUT2D eigenvalue weighted by Gasteiger charge is 2.26. The minimum absolute atomic E-state index is 0.108. The summed E-state index contributed by atoms with van der Waals surface area (Å²) in [6, 6.07) is 7.89. The van der Waals surface area contributed by atoms with Crippen LogP contribution in [-0.2, 0) is 4.79 Å². The summed E-state index contributed by atoms with van der Waals surface area (Å²) < 4.78 is 16.8. The zero-order valence-corrected chi connectivity index (χ0v) is 19.5. The van der Waals surface area contributed by atoms with Crippen molar-refractivity contribution in [3.8, 4) is 22.8 Å². The van der Waals surface area contributed by atoms with Crippen molar-refractivity contribution in [3.63, 3.8) is 0 Å². The number of pyridine rings is 1. The number of carbonyl (C=O) groups excluding carboxylic acids is 1. The fourth-order valence-corrected chi connectivity index (χ4v) is 4.70. The lowest BCUT2D eigenvalue weighted by Crippen LogP contribution is -2.32. The van der Waals surface area contributed by atoms with Crippen LogP contribution in [0.4, 0.5) is 5.69 Å². The molecule has 0 saturated heterocycles. The number of anilines is 1. The average Bonchev–Trinajstić information content (AvgIpc) is 3.18. The van der Waals surface area contributed by atoms with Gasteiger partial charge in [0, 0.05) is 35.2 Å². The number of carbonyl (C=O) groups is 1. The zero-order chi connectivity index (χ0) is 23.5. The van der Waals surface area contributed by atoms with Crippen LogP contribution in [0.15, 0.2) is 28.7 Å². The molecule has 33 heavy (non-hydrogen) atoms. The highest BCUT2D eigenvalue weighted by molar-refractivity contribution is 5.96. The number of ether oxygens (including phenoxy) is 2. The number of hydrogen-bond donors (Lipinski definition) is 3. The molecular formula is C25H31N3O5. The lowest BCUT2D eigenvalue weighted by atomic mass is 9.81. The van der Waals surface area contributed by atoms with Crippen molar-refractivity contribution in [2.75, 3.05) is 26.1 Å². The van der Waals surface area contributed by atoms with Gasteiger partial charge >= 0.3 is 0 Å². The quantitative estimate of drug-likeness (QED) is 0.347. The summed E-state index contributed by atoms with van der Waals surface area (Å²) in [6.07, 6.45) is 3.41. The van der Waals surface area contributed by atoms with Gasteiger partial charge in [-0.05, 0) is 63.6 Å². The maximum Gasteiger partial charge on any atom is 0.246 e. The average molecular weight is 454 g/mol. The fraction of sp³-hybridized carbons (Fsp3) is 0.440. The zero-order valence-electron chi connectivity index (χ0n) is 19.5. The van der Waals surface area contributed by atoms with Gasteiger partial charge in [-0.1, -0.05) is 0 Å². The number of fused-ring (bicyclic) bond motifs is 1. The number of rotatable bonds is 7. The molecule has 0 spiro atoms. The van der Waals surface area contributed by atoms with Crippen LogP contribution in [0.3, 0.4) is 0 Å².